The van der Waals surface area contributed by atoms with Crippen LogP contribution in [-0.4, -0.2) is 264 Å². The highest BCUT2D eigenvalue weighted by atomic mass is 19.4. The summed E-state index contributed by atoms with van der Waals surface area (Å²) >= 11 is 0. The van der Waals surface area contributed by atoms with E-state index in [2.05, 4.69) is 16.0 Å². The number of nitrogens with zero attached hydrogens (tertiary/aromatic N) is 9. The van der Waals surface area contributed by atoms with Crippen LogP contribution in [0, 0.1) is 29.4 Å². The molecule has 3 saturated carbocycles. The molecule has 576 valence electrons. The number of likely N-dealkylation sites (N-methyl/N-ethyl adjacent to an activating group) is 7. The number of amides is 12. The summed E-state index contributed by atoms with van der Waals surface area (Å²) in [5.41, 5.74) is -4.13. The van der Waals surface area contributed by atoms with Crippen LogP contribution in [-0.2, 0) is 74.9 Å². The zero-order chi connectivity index (χ0) is 75.9. The van der Waals surface area contributed by atoms with E-state index in [9.17, 15) is 51.5 Å². The molecule has 103 heavy (non-hydrogen) atoms. The van der Waals surface area contributed by atoms with Gasteiger partial charge in [-0.3, -0.25) is 57.5 Å². The van der Waals surface area contributed by atoms with Gasteiger partial charge in [-0.1, -0.05) is 97.8 Å². The summed E-state index contributed by atoms with van der Waals surface area (Å²) < 4.78 is 77.8. The summed E-state index contributed by atoms with van der Waals surface area (Å²) in [4.78, 5) is 191. The number of halogens is 5. The maximum absolute atomic E-state index is 15.8. The molecule has 7 rings (SSSR count). The fourth-order valence-corrected chi connectivity index (χ4v) is 16.0. The molecule has 30 heteroatoms. The Morgan fingerprint density at radius 3 is 1.80 bits per heavy atom. The molecule has 1 spiro atoms. The smallest absolute Gasteiger partial charge is 0.377 e. The van der Waals surface area contributed by atoms with Gasteiger partial charge in [-0.05, 0) is 107 Å². The second kappa shape index (κ2) is 36.9. The van der Waals surface area contributed by atoms with E-state index in [4.69, 9.17) is 4.74 Å². The average molecular weight is 1460 g/mol. The van der Waals surface area contributed by atoms with Crippen LogP contribution in [0.4, 0.5) is 22.0 Å². The van der Waals surface area contributed by atoms with Crippen LogP contribution in [0.5, 0.6) is 0 Å². The van der Waals surface area contributed by atoms with Crippen molar-refractivity contribution in [3.05, 3.63) is 34.9 Å². The van der Waals surface area contributed by atoms with Gasteiger partial charge in [0.1, 0.15) is 65.0 Å². The van der Waals surface area contributed by atoms with Crippen molar-refractivity contribution < 1.29 is 84.2 Å². The molecular formula is C73H111F5N12O13. The minimum Gasteiger partial charge on any atom is -0.377 e. The van der Waals surface area contributed by atoms with E-state index in [0.717, 1.165) is 58.1 Å². The third-order valence-corrected chi connectivity index (χ3v) is 22.4. The van der Waals surface area contributed by atoms with Gasteiger partial charge in [0.2, 0.25) is 70.9 Å². The molecule has 9 atom stereocenters. The van der Waals surface area contributed by atoms with Gasteiger partial charge in [-0.2, -0.15) is 13.2 Å². The number of hydrogen-bond donors (Lipinski definition) is 3. The SMILES string of the molecule is CCC[C@H]1C(=O)NC(C(C)CC)C(=O)N(C)CC(=O)N(C)CC(=O)N(C)[C@@H](CC2CCCCC2)C(=O)N(C)CC(=O)N[C@@H](CCc2cc(F)c(C(F)(F)F)c(F)c2)C(=O)N2C[C@H](OCC)C[C@H]2C(=O)NC2(CCCC2)C(=O)N(C)[C@@H](C2CCCCC2)C(=O)N(C)[C@H](C(=O)N2CCCC2)CC(=O)N1C. The van der Waals surface area contributed by atoms with Crippen LogP contribution in [0.25, 0.3) is 0 Å². The van der Waals surface area contributed by atoms with E-state index in [1.807, 2.05) is 13.8 Å². The largest absolute Gasteiger partial charge is 0.422 e. The van der Waals surface area contributed by atoms with Crippen molar-refractivity contribution in [3.63, 3.8) is 0 Å². The molecule has 3 saturated heterocycles. The Labute approximate surface area is 602 Å². The minimum absolute atomic E-state index is 0.0370. The molecule has 3 aliphatic heterocycles. The third kappa shape index (κ3) is 20.5. The number of fused-ring (bicyclic) bond motifs is 1. The first-order chi connectivity index (χ1) is 48.7. The molecule has 0 bridgehead atoms. The highest BCUT2D eigenvalue weighted by molar-refractivity contribution is 6.01. The number of hydrogen-bond acceptors (Lipinski definition) is 13. The van der Waals surface area contributed by atoms with Crippen molar-refractivity contribution >= 4 is 70.9 Å². The van der Waals surface area contributed by atoms with Gasteiger partial charge in [0.15, 0.2) is 0 Å². The number of carbonyl (C=O) groups is 12. The van der Waals surface area contributed by atoms with Crippen molar-refractivity contribution in [2.45, 2.75) is 242 Å². The van der Waals surface area contributed by atoms with Crippen LogP contribution in [0.2, 0.25) is 0 Å². The Morgan fingerprint density at radius 2 is 1.21 bits per heavy atom. The lowest BCUT2D eigenvalue weighted by Gasteiger charge is -2.43. The summed E-state index contributed by atoms with van der Waals surface area (Å²) in [6, 6.07) is -8.45. The summed E-state index contributed by atoms with van der Waals surface area (Å²) in [6.07, 6.45) is 2.95. The lowest BCUT2D eigenvalue weighted by Crippen LogP contribution is -2.65. The molecule has 12 amide bonds. The maximum atomic E-state index is 15.8. The molecule has 3 heterocycles. The number of benzene rings is 1. The zero-order valence-electron chi connectivity index (χ0n) is 62.1. The second-order valence-electron chi connectivity index (χ2n) is 29.7. The molecule has 0 aromatic heterocycles. The summed E-state index contributed by atoms with van der Waals surface area (Å²) in [6.45, 7) is 5.75. The first-order valence-electron chi connectivity index (χ1n) is 37.2. The standard InChI is InChI=1S/C73H111F5N12O13/c1-12-25-53-64(95)80-62(45(4)13-2)69(100)84(7)43-59(93)82(5)44-60(94)86(9)55(38-46-26-17-15-18-27-46)67(98)83(6)42-57(91)79-52(31-30-47-36-50(74)61(51(75)37-47)73(76,77)78)66(97)90-41-49(103-14-3)39-54(90)65(96)81-72(32-21-22-33-72)71(102)88(11)63(48-28-19-16-20-29-48)70(101)87(10)56(40-58(92)85(53)8)68(99)89-34-23-24-35-89/h36-37,45-46,48-49,52-56,62-63H,12-35,38-44H2,1-11H3,(H,79,91)(H,80,95)(H,81,96)/t45?,49-,52+,53+,54+,55+,56+,62?,63+/m1/s1. The Morgan fingerprint density at radius 1 is 0.631 bits per heavy atom. The average Bonchev–Trinajstić information content (AvgIpc) is 1.72. The van der Waals surface area contributed by atoms with Gasteiger partial charge in [0.05, 0.1) is 32.2 Å². The maximum Gasteiger partial charge on any atom is 0.422 e. The predicted octanol–water partition coefficient (Wildman–Crippen LogP) is 5.43. The van der Waals surface area contributed by atoms with Gasteiger partial charge in [0.25, 0.3) is 0 Å². The van der Waals surface area contributed by atoms with Gasteiger partial charge >= 0.3 is 6.18 Å². The molecular weight excluding hydrogens is 1350 g/mol. The normalized spacial score (nSPS) is 27.1. The van der Waals surface area contributed by atoms with Crippen LogP contribution in [0.3, 0.4) is 0 Å². The van der Waals surface area contributed by atoms with Gasteiger partial charge in [-0.15, -0.1) is 0 Å². The number of aryl methyl sites for hydroxylation is 1. The molecule has 1 aromatic carbocycles. The highest BCUT2D eigenvalue weighted by Crippen LogP contribution is 2.39. The molecule has 3 aliphatic carbocycles. The van der Waals surface area contributed by atoms with Crippen molar-refractivity contribution in [1.29, 1.82) is 0 Å². The van der Waals surface area contributed by atoms with Crippen LogP contribution in [0.15, 0.2) is 12.1 Å². The molecule has 0 radical (unpaired) electrons. The van der Waals surface area contributed by atoms with Crippen LogP contribution >= 0.6 is 0 Å². The predicted molar refractivity (Wildman–Crippen MR) is 370 cm³/mol. The third-order valence-electron chi connectivity index (χ3n) is 22.4. The topological polar surface area (TPSA) is 279 Å². The molecule has 25 nitrogen and oxygen atoms in total. The van der Waals surface area contributed by atoms with E-state index in [1.54, 1.807) is 18.7 Å². The summed E-state index contributed by atoms with van der Waals surface area (Å²) in [5, 5.41) is 8.53. The molecule has 3 N–H and O–H groups in total. The quantitative estimate of drug-likeness (QED) is 0.208. The van der Waals surface area contributed by atoms with Crippen molar-refractivity contribution in [2.75, 3.05) is 95.2 Å². The van der Waals surface area contributed by atoms with Gasteiger partial charge in [-0.25, -0.2) is 8.78 Å². The molecule has 1 aromatic rings. The lowest BCUT2D eigenvalue weighted by atomic mass is 9.81. The van der Waals surface area contributed by atoms with E-state index in [0.29, 0.717) is 89.4 Å². The van der Waals surface area contributed by atoms with E-state index < -0.39 is 199 Å². The Bertz CT molecular complexity index is 3190. The molecule has 2 unspecified atom stereocenters. The summed E-state index contributed by atoms with van der Waals surface area (Å²) in [5.74, 6) is -13.4. The Hall–Kier alpha value is -7.53. The number of ether oxygens (including phenoxy) is 1. The van der Waals surface area contributed by atoms with Crippen molar-refractivity contribution in [3.8, 4) is 0 Å². The van der Waals surface area contributed by atoms with E-state index in [1.165, 1.54) is 68.9 Å². The zero-order valence-corrected chi connectivity index (χ0v) is 62.1. The van der Waals surface area contributed by atoms with Crippen molar-refractivity contribution in [2.24, 2.45) is 17.8 Å². The van der Waals surface area contributed by atoms with Gasteiger partial charge in [0, 0.05) is 82.0 Å². The number of likely N-dealkylation sites (tertiary alicyclic amines) is 1. The number of nitrogens with one attached hydrogen (secondary N) is 3. The molecule has 6 fully saturated rings. The first kappa shape index (κ1) is 82.8. The highest BCUT2D eigenvalue weighted by Gasteiger charge is 2.52. The monoisotopic (exact) mass is 1460 g/mol. The fraction of sp³-hybridized carbons (Fsp3) is 0.753. The van der Waals surface area contributed by atoms with E-state index >= 15 is 28.0 Å². The van der Waals surface area contributed by atoms with Crippen LogP contribution in [0.1, 0.15) is 187 Å². The van der Waals surface area contributed by atoms with E-state index in [-0.39, 0.29) is 56.7 Å². The number of alkyl halides is 3. The summed E-state index contributed by atoms with van der Waals surface area (Å²) in [7, 11) is 9.72. The Balaban J connectivity index is 1.31. The van der Waals surface area contributed by atoms with Crippen LogP contribution < -0.4 is 16.0 Å². The first-order valence-corrected chi connectivity index (χ1v) is 37.2. The lowest BCUT2D eigenvalue weighted by molar-refractivity contribution is -0.156. The minimum atomic E-state index is -5.40. The second-order valence-corrected chi connectivity index (χ2v) is 29.7. The van der Waals surface area contributed by atoms with Crippen molar-refractivity contribution in [1.82, 2.24) is 60.0 Å². The Kier molecular flexibility index (Phi) is 29.7. The molecule has 6 aliphatic rings. The van der Waals surface area contributed by atoms with Gasteiger partial charge < -0.3 is 64.8 Å². The number of carbonyl (C=O) groups excluding carboxylic acids is 12. The fourth-order valence-electron chi connectivity index (χ4n) is 16.0. The number of rotatable bonds is 13.